The zero-order valence-corrected chi connectivity index (χ0v) is 10.5. The zero-order valence-electron chi connectivity index (χ0n) is 8.94. The van der Waals surface area contributed by atoms with E-state index >= 15 is 0 Å². The van der Waals surface area contributed by atoms with Gasteiger partial charge in [-0.05, 0) is 17.5 Å². The summed E-state index contributed by atoms with van der Waals surface area (Å²) in [6, 6.07) is 21.6. The lowest BCUT2D eigenvalue weighted by Gasteiger charge is -2.17. The maximum atomic E-state index is 3.78. The monoisotopic (exact) mass is 272 g/mol. The Morgan fingerprint density at radius 2 is 1.19 bits per heavy atom. The van der Waals surface area contributed by atoms with Crippen molar-refractivity contribution in [3.63, 3.8) is 0 Å². The van der Waals surface area contributed by atoms with Crippen LogP contribution >= 0.6 is 15.9 Å². The lowest BCUT2D eigenvalue weighted by atomic mass is 9.88. The summed E-state index contributed by atoms with van der Waals surface area (Å²) in [5, 5.41) is 0. The average molecular weight is 273 g/mol. The van der Waals surface area contributed by atoms with E-state index in [9.17, 15) is 0 Å². The molecule has 0 spiro atoms. The van der Waals surface area contributed by atoms with Crippen molar-refractivity contribution in [2.24, 2.45) is 0 Å². The van der Waals surface area contributed by atoms with E-state index in [4.69, 9.17) is 0 Å². The van der Waals surface area contributed by atoms with Gasteiger partial charge in [0, 0.05) is 10.2 Å². The van der Waals surface area contributed by atoms with Gasteiger partial charge in [0.1, 0.15) is 0 Å². The third-order valence-electron chi connectivity index (χ3n) is 3.45. The van der Waals surface area contributed by atoms with E-state index in [-0.39, 0.29) is 5.41 Å². The van der Waals surface area contributed by atoms with Crippen LogP contribution in [0.5, 0.6) is 0 Å². The highest BCUT2D eigenvalue weighted by atomic mass is 79.9. The fraction of sp³-hybridized carbons (Fsp3) is 0.200. The van der Waals surface area contributed by atoms with E-state index in [0.29, 0.717) is 4.83 Å². The Morgan fingerprint density at radius 1 is 0.812 bits per heavy atom. The predicted octanol–water partition coefficient (Wildman–Crippen LogP) is 4.14. The molecule has 16 heavy (non-hydrogen) atoms. The first-order valence-electron chi connectivity index (χ1n) is 5.59. The van der Waals surface area contributed by atoms with E-state index in [1.54, 1.807) is 0 Å². The fourth-order valence-electron chi connectivity index (χ4n) is 2.46. The maximum Gasteiger partial charge on any atom is 0.0339 e. The minimum atomic E-state index is 0.211. The summed E-state index contributed by atoms with van der Waals surface area (Å²) in [6.45, 7) is 0. The zero-order chi connectivity index (χ0) is 11.0. The number of benzene rings is 2. The first kappa shape index (κ1) is 10.1. The Labute approximate surface area is 104 Å². The molecule has 1 aliphatic rings. The van der Waals surface area contributed by atoms with Crippen LogP contribution in [0.2, 0.25) is 0 Å². The summed E-state index contributed by atoms with van der Waals surface area (Å²) in [6.07, 6.45) is 1.20. The molecule has 2 aromatic rings. The van der Waals surface area contributed by atoms with Gasteiger partial charge in [0.15, 0.2) is 0 Å². The second-order valence-corrected chi connectivity index (χ2v) is 5.48. The van der Waals surface area contributed by atoms with Crippen molar-refractivity contribution >= 4 is 15.9 Å². The summed E-state index contributed by atoms with van der Waals surface area (Å²) in [7, 11) is 0. The quantitative estimate of drug-likeness (QED) is 0.721. The van der Waals surface area contributed by atoms with E-state index < -0.39 is 0 Å². The minimum Gasteiger partial charge on any atom is -0.0877 e. The van der Waals surface area contributed by atoms with Crippen LogP contribution in [-0.4, -0.2) is 4.83 Å². The van der Waals surface area contributed by atoms with Crippen LogP contribution in [0.25, 0.3) is 0 Å². The van der Waals surface area contributed by atoms with Crippen molar-refractivity contribution in [2.75, 3.05) is 0 Å². The number of hydrogen-bond acceptors (Lipinski definition) is 0. The van der Waals surface area contributed by atoms with E-state index in [2.05, 4.69) is 76.6 Å². The smallest absolute Gasteiger partial charge is 0.0339 e. The minimum absolute atomic E-state index is 0.211. The number of alkyl halides is 1. The van der Waals surface area contributed by atoms with E-state index in [1.165, 1.54) is 17.5 Å². The van der Waals surface area contributed by atoms with Gasteiger partial charge in [-0.3, -0.25) is 0 Å². The summed E-state index contributed by atoms with van der Waals surface area (Å²) in [4.78, 5) is 0.574. The summed E-state index contributed by atoms with van der Waals surface area (Å²) in [5.74, 6) is 0. The molecule has 1 aliphatic carbocycles. The molecule has 0 aromatic heterocycles. The fourth-order valence-corrected chi connectivity index (χ4v) is 3.50. The van der Waals surface area contributed by atoms with Gasteiger partial charge in [-0.2, -0.15) is 0 Å². The molecule has 1 heteroatoms. The van der Waals surface area contributed by atoms with Crippen LogP contribution in [0.15, 0.2) is 60.7 Å². The molecular weight excluding hydrogens is 260 g/mol. The third kappa shape index (κ3) is 1.42. The SMILES string of the molecule is BrC1CC1(c1ccccc1)c1ccccc1. The topological polar surface area (TPSA) is 0 Å². The highest BCUT2D eigenvalue weighted by molar-refractivity contribution is 9.09. The van der Waals surface area contributed by atoms with Gasteiger partial charge in [-0.25, -0.2) is 0 Å². The molecule has 0 heterocycles. The van der Waals surface area contributed by atoms with Crippen LogP contribution in [-0.2, 0) is 5.41 Å². The molecular formula is C15H13Br. The van der Waals surface area contributed by atoms with Crippen LogP contribution in [0.4, 0.5) is 0 Å². The van der Waals surface area contributed by atoms with Crippen molar-refractivity contribution in [3.05, 3.63) is 71.8 Å². The predicted molar refractivity (Wildman–Crippen MR) is 71.0 cm³/mol. The molecule has 80 valence electrons. The van der Waals surface area contributed by atoms with Crippen molar-refractivity contribution in [1.82, 2.24) is 0 Å². The Balaban J connectivity index is 2.10. The average Bonchev–Trinajstić information content (AvgIpc) is 3.05. The van der Waals surface area contributed by atoms with Crippen LogP contribution in [0, 0.1) is 0 Å². The highest BCUT2D eigenvalue weighted by Crippen LogP contribution is 2.57. The molecule has 1 atom stereocenters. The first-order valence-corrected chi connectivity index (χ1v) is 6.51. The lowest BCUT2D eigenvalue weighted by molar-refractivity contribution is 0.854. The molecule has 1 saturated carbocycles. The van der Waals surface area contributed by atoms with Gasteiger partial charge in [-0.15, -0.1) is 0 Å². The maximum absolute atomic E-state index is 3.78. The molecule has 1 fully saturated rings. The Hall–Kier alpha value is -1.08. The third-order valence-corrected chi connectivity index (χ3v) is 4.56. The molecule has 0 aliphatic heterocycles. The number of hydrogen-bond donors (Lipinski definition) is 0. The van der Waals surface area contributed by atoms with Crippen molar-refractivity contribution in [3.8, 4) is 0 Å². The van der Waals surface area contributed by atoms with Gasteiger partial charge < -0.3 is 0 Å². The first-order chi connectivity index (χ1) is 7.84. The number of halogens is 1. The van der Waals surface area contributed by atoms with Gasteiger partial charge in [0.2, 0.25) is 0 Å². The molecule has 0 amide bonds. The van der Waals surface area contributed by atoms with Crippen molar-refractivity contribution in [1.29, 1.82) is 0 Å². The second-order valence-electron chi connectivity index (χ2n) is 4.38. The Kier molecular flexibility index (Phi) is 2.36. The molecule has 0 N–H and O–H groups in total. The Bertz CT molecular complexity index is 436. The number of rotatable bonds is 2. The molecule has 0 saturated heterocycles. The van der Waals surface area contributed by atoms with Gasteiger partial charge in [-0.1, -0.05) is 76.6 Å². The molecule has 1 unspecified atom stereocenters. The van der Waals surface area contributed by atoms with Gasteiger partial charge >= 0.3 is 0 Å². The summed E-state index contributed by atoms with van der Waals surface area (Å²) >= 11 is 3.78. The van der Waals surface area contributed by atoms with Crippen LogP contribution in [0.3, 0.4) is 0 Å². The van der Waals surface area contributed by atoms with E-state index in [1.807, 2.05) is 0 Å². The molecule has 3 rings (SSSR count). The van der Waals surface area contributed by atoms with Crippen molar-refractivity contribution in [2.45, 2.75) is 16.7 Å². The standard InChI is InChI=1S/C15H13Br/c16-14-11-15(14,12-7-3-1-4-8-12)13-9-5-2-6-10-13/h1-10,14H,11H2. The lowest BCUT2D eigenvalue weighted by Crippen LogP contribution is -2.11. The van der Waals surface area contributed by atoms with Crippen LogP contribution < -0.4 is 0 Å². The van der Waals surface area contributed by atoms with Gasteiger partial charge in [0.05, 0.1) is 0 Å². The molecule has 0 bridgehead atoms. The normalized spacial score (nSPS) is 21.7. The van der Waals surface area contributed by atoms with Gasteiger partial charge in [0.25, 0.3) is 0 Å². The molecule has 0 radical (unpaired) electrons. The summed E-state index contributed by atoms with van der Waals surface area (Å²) in [5.41, 5.74) is 3.05. The van der Waals surface area contributed by atoms with Crippen LogP contribution in [0.1, 0.15) is 17.5 Å². The Morgan fingerprint density at radius 3 is 1.50 bits per heavy atom. The second kappa shape index (κ2) is 3.74. The van der Waals surface area contributed by atoms with E-state index in [0.717, 1.165) is 0 Å². The van der Waals surface area contributed by atoms with Crippen molar-refractivity contribution < 1.29 is 0 Å². The summed E-state index contributed by atoms with van der Waals surface area (Å²) < 4.78 is 0. The highest BCUT2D eigenvalue weighted by Gasteiger charge is 2.54. The largest absolute Gasteiger partial charge is 0.0877 e. The molecule has 2 aromatic carbocycles. The molecule has 0 nitrogen and oxygen atoms in total.